The van der Waals surface area contributed by atoms with Crippen molar-refractivity contribution in [2.75, 3.05) is 32.2 Å². The first-order valence-corrected chi connectivity index (χ1v) is 16.1. The summed E-state index contributed by atoms with van der Waals surface area (Å²) in [4.78, 5) is 29.0. The number of nitrogens with zero attached hydrogens (tertiary/aromatic N) is 2. The van der Waals surface area contributed by atoms with Crippen LogP contribution in [0, 0.1) is 0 Å². The van der Waals surface area contributed by atoms with Gasteiger partial charge >= 0.3 is 0 Å². The van der Waals surface area contributed by atoms with Gasteiger partial charge in [0.2, 0.25) is 11.8 Å². The van der Waals surface area contributed by atoms with Gasteiger partial charge in [-0.3, -0.25) is 13.9 Å². The van der Waals surface area contributed by atoms with Crippen molar-refractivity contribution in [1.29, 1.82) is 0 Å². The number of methoxy groups -OCH3 is 3. The molecule has 0 unspecified atom stereocenters. The first-order chi connectivity index (χ1) is 21.2. The monoisotopic (exact) mass is 623 g/mol. The highest BCUT2D eigenvalue weighted by Crippen LogP contribution is 2.32. The Morgan fingerprint density at radius 1 is 0.864 bits per heavy atom. The number of nitrogens with one attached hydrogen (secondary N) is 1. The Kier molecular flexibility index (Phi) is 11.1. The summed E-state index contributed by atoms with van der Waals surface area (Å²) in [7, 11) is 0.194. The van der Waals surface area contributed by atoms with E-state index in [1.165, 1.54) is 37.3 Å². The number of ether oxygens (including phenoxy) is 3. The van der Waals surface area contributed by atoms with Crippen molar-refractivity contribution in [2.45, 2.75) is 62.6 Å². The molecule has 0 aromatic heterocycles. The Bertz CT molecular complexity index is 1510. The van der Waals surface area contributed by atoms with Gasteiger partial charge in [0, 0.05) is 18.7 Å². The molecule has 1 aliphatic rings. The standard InChI is InChI=1S/C33H41N3O7S/c1-24(33(38)34-26-11-7-5-8-12-26)35(22-25-15-17-28(41-2)18-16-25)32(37)23-36(27-13-9-6-10-14-27)44(39,40)29-19-20-30(42-3)31(21-29)43-4/h6,9-10,13-21,24,26H,5,7-8,11-12,22-23H2,1-4H3,(H,34,38)/t24-/m1/s1. The van der Waals surface area contributed by atoms with Crippen molar-refractivity contribution in [3.05, 3.63) is 78.4 Å². The van der Waals surface area contributed by atoms with Crippen molar-refractivity contribution in [2.24, 2.45) is 0 Å². The molecule has 3 aromatic carbocycles. The fourth-order valence-corrected chi connectivity index (χ4v) is 6.74. The van der Waals surface area contributed by atoms with E-state index >= 15 is 0 Å². The fraction of sp³-hybridized carbons (Fsp3) is 0.394. The van der Waals surface area contributed by atoms with E-state index in [4.69, 9.17) is 14.2 Å². The fourth-order valence-electron chi connectivity index (χ4n) is 5.31. The van der Waals surface area contributed by atoms with E-state index in [2.05, 4.69) is 5.32 Å². The largest absolute Gasteiger partial charge is 0.497 e. The number of rotatable bonds is 13. The highest BCUT2D eigenvalue weighted by molar-refractivity contribution is 7.92. The average molecular weight is 624 g/mol. The summed E-state index contributed by atoms with van der Waals surface area (Å²) in [5.41, 5.74) is 1.07. The highest BCUT2D eigenvalue weighted by atomic mass is 32.2. The second kappa shape index (κ2) is 15.0. The van der Waals surface area contributed by atoms with Crippen molar-refractivity contribution in [3.8, 4) is 17.2 Å². The second-order valence-electron chi connectivity index (χ2n) is 10.8. The molecule has 3 aromatic rings. The van der Waals surface area contributed by atoms with Gasteiger partial charge in [0.05, 0.1) is 31.9 Å². The zero-order valence-corrected chi connectivity index (χ0v) is 26.5. The van der Waals surface area contributed by atoms with E-state index in [1.54, 1.807) is 56.5 Å². The van der Waals surface area contributed by atoms with Crippen LogP contribution in [0.5, 0.6) is 17.2 Å². The van der Waals surface area contributed by atoms with Crippen LogP contribution >= 0.6 is 0 Å². The van der Waals surface area contributed by atoms with Crippen molar-refractivity contribution >= 4 is 27.5 Å². The number of sulfonamides is 1. The Hall–Kier alpha value is -4.25. The van der Waals surface area contributed by atoms with Gasteiger partial charge in [-0.1, -0.05) is 49.6 Å². The maximum absolute atomic E-state index is 14.2. The predicted octanol–water partition coefficient (Wildman–Crippen LogP) is 4.77. The molecular formula is C33H41N3O7S. The number of carbonyl (C=O) groups excluding carboxylic acids is 2. The number of carbonyl (C=O) groups is 2. The number of hydrogen-bond donors (Lipinski definition) is 1. The van der Waals surface area contributed by atoms with Gasteiger partial charge in [-0.2, -0.15) is 0 Å². The molecule has 4 rings (SSSR count). The summed E-state index contributed by atoms with van der Waals surface area (Å²) in [6.45, 7) is 1.24. The summed E-state index contributed by atoms with van der Waals surface area (Å²) in [5.74, 6) is 0.470. The lowest BCUT2D eigenvalue weighted by Gasteiger charge is -2.33. The van der Waals surface area contributed by atoms with E-state index < -0.39 is 28.5 Å². The van der Waals surface area contributed by atoms with Crippen LogP contribution in [0.3, 0.4) is 0 Å². The van der Waals surface area contributed by atoms with Crippen molar-refractivity contribution in [3.63, 3.8) is 0 Å². The quantitative estimate of drug-likeness (QED) is 0.292. The molecule has 0 radical (unpaired) electrons. The molecule has 1 atom stereocenters. The topological polar surface area (TPSA) is 114 Å². The van der Waals surface area contributed by atoms with Crippen LogP contribution in [-0.2, 0) is 26.2 Å². The third-order valence-corrected chi connectivity index (χ3v) is 9.67. The third-order valence-electron chi connectivity index (χ3n) is 7.90. The minimum atomic E-state index is -4.26. The molecule has 11 heteroatoms. The van der Waals surface area contributed by atoms with Gasteiger partial charge in [-0.05, 0) is 61.7 Å². The first-order valence-electron chi connectivity index (χ1n) is 14.7. The van der Waals surface area contributed by atoms with E-state index in [-0.39, 0.29) is 29.1 Å². The van der Waals surface area contributed by atoms with Gasteiger partial charge in [-0.15, -0.1) is 0 Å². The number of amides is 2. The molecule has 0 spiro atoms. The molecule has 2 amide bonds. The van der Waals surface area contributed by atoms with Crippen molar-refractivity contribution < 1.29 is 32.2 Å². The molecule has 0 bridgehead atoms. The second-order valence-corrected chi connectivity index (χ2v) is 12.6. The normalized spacial score (nSPS) is 14.3. The van der Waals surface area contributed by atoms with E-state index in [0.29, 0.717) is 17.2 Å². The zero-order chi connectivity index (χ0) is 31.7. The van der Waals surface area contributed by atoms with Crippen LogP contribution in [0.1, 0.15) is 44.6 Å². The van der Waals surface area contributed by atoms with Crippen LogP contribution < -0.4 is 23.8 Å². The molecule has 1 aliphatic carbocycles. The van der Waals surface area contributed by atoms with Gasteiger partial charge in [0.1, 0.15) is 18.3 Å². The van der Waals surface area contributed by atoms with Crippen LogP contribution in [0.15, 0.2) is 77.7 Å². The lowest BCUT2D eigenvalue weighted by Crippen LogP contribution is -2.53. The van der Waals surface area contributed by atoms with Gasteiger partial charge in [0.25, 0.3) is 10.0 Å². The smallest absolute Gasteiger partial charge is 0.264 e. The minimum absolute atomic E-state index is 0.0582. The van der Waals surface area contributed by atoms with E-state index in [1.807, 2.05) is 12.1 Å². The molecule has 0 saturated heterocycles. The number of para-hydroxylation sites is 1. The van der Waals surface area contributed by atoms with E-state index in [9.17, 15) is 18.0 Å². The molecular weight excluding hydrogens is 582 g/mol. The molecule has 0 aliphatic heterocycles. The Labute approximate surface area is 260 Å². The number of anilines is 1. The van der Waals surface area contributed by atoms with Crippen molar-refractivity contribution in [1.82, 2.24) is 10.2 Å². The van der Waals surface area contributed by atoms with Gasteiger partial charge < -0.3 is 24.4 Å². The molecule has 44 heavy (non-hydrogen) atoms. The summed E-state index contributed by atoms with van der Waals surface area (Å²) in [5, 5.41) is 3.11. The Balaban J connectivity index is 1.68. The van der Waals surface area contributed by atoms with Crippen LogP contribution in [0.25, 0.3) is 0 Å². The maximum Gasteiger partial charge on any atom is 0.264 e. The number of hydrogen-bond acceptors (Lipinski definition) is 7. The third kappa shape index (κ3) is 7.82. The molecule has 10 nitrogen and oxygen atoms in total. The van der Waals surface area contributed by atoms with E-state index in [0.717, 1.165) is 42.0 Å². The van der Waals surface area contributed by atoms with Crippen LogP contribution in [-0.4, -0.2) is 65.1 Å². The average Bonchev–Trinajstić information content (AvgIpc) is 3.06. The van der Waals surface area contributed by atoms with Crippen LogP contribution in [0.2, 0.25) is 0 Å². The maximum atomic E-state index is 14.2. The number of benzene rings is 3. The minimum Gasteiger partial charge on any atom is -0.497 e. The molecule has 0 heterocycles. The SMILES string of the molecule is COc1ccc(CN(C(=O)CN(c2ccccc2)S(=O)(=O)c2ccc(OC)c(OC)c2)[C@H](C)C(=O)NC2CCCCC2)cc1. The van der Waals surface area contributed by atoms with Gasteiger partial charge in [-0.25, -0.2) is 8.42 Å². The zero-order valence-electron chi connectivity index (χ0n) is 25.7. The summed E-state index contributed by atoms with van der Waals surface area (Å²) in [6.07, 6.45) is 5.04. The predicted molar refractivity (Wildman–Crippen MR) is 169 cm³/mol. The summed E-state index contributed by atoms with van der Waals surface area (Å²) in [6, 6.07) is 19.1. The molecule has 1 saturated carbocycles. The van der Waals surface area contributed by atoms with Crippen LogP contribution in [0.4, 0.5) is 5.69 Å². The summed E-state index contributed by atoms with van der Waals surface area (Å²) >= 11 is 0. The summed E-state index contributed by atoms with van der Waals surface area (Å²) < 4.78 is 45.2. The lowest BCUT2D eigenvalue weighted by atomic mass is 9.95. The van der Waals surface area contributed by atoms with Gasteiger partial charge in [0.15, 0.2) is 11.5 Å². The molecule has 236 valence electrons. The highest BCUT2D eigenvalue weighted by Gasteiger charge is 2.33. The Morgan fingerprint density at radius 3 is 2.14 bits per heavy atom. The Morgan fingerprint density at radius 2 is 1.52 bits per heavy atom. The molecule has 1 N–H and O–H groups in total. The lowest BCUT2D eigenvalue weighted by molar-refractivity contribution is -0.139. The first kappa shape index (κ1) is 32.7. The molecule has 1 fully saturated rings.